The van der Waals surface area contributed by atoms with Gasteiger partial charge in [-0.2, -0.15) is 0 Å². The predicted molar refractivity (Wildman–Crippen MR) is 161 cm³/mol. The fourth-order valence-electron chi connectivity index (χ4n) is 6.81. The number of primary amides is 1. The fourth-order valence-corrected chi connectivity index (χ4v) is 6.81. The second-order valence-corrected chi connectivity index (χ2v) is 11.8. The van der Waals surface area contributed by atoms with Crippen LogP contribution in [0.1, 0.15) is 85.2 Å². The van der Waals surface area contributed by atoms with E-state index in [-0.39, 0.29) is 17.7 Å². The van der Waals surface area contributed by atoms with Gasteiger partial charge in [-0.3, -0.25) is 14.4 Å². The van der Waals surface area contributed by atoms with Gasteiger partial charge in [0.2, 0.25) is 17.7 Å². The van der Waals surface area contributed by atoms with E-state index in [0.29, 0.717) is 31.0 Å². The topological polar surface area (TPSA) is 97.9 Å². The van der Waals surface area contributed by atoms with E-state index in [0.717, 1.165) is 59.3 Å². The van der Waals surface area contributed by atoms with E-state index < -0.39 is 5.91 Å². The molecule has 3 aromatic rings. The third-order valence-corrected chi connectivity index (χ3v) is 9.04. The summed E-state index contributed by atoms with van der Waals surface area (Å²) < 4.78 is 7.92. The molecule has 2 N–H and O–H groups in total. The fraction of sp³-hybridized carbons (Fsp3) is 0.485. The van der Waals surface area contributed by atoms with Crippen molar-refractivity contribution in [1.29, 1.82) is 0 Å². The van der Waals surface area contributed by atoms with Crippen molar-refractivity contribution in [1.82, 2.24) is 14.4 Å². The molecule has 0 spiro atoms. The number of nitrogens with two attached hydrogens (primary N) is 1. The first kappa shape index (κ1) is 28.7. The summed E-state index contributed by atoms with van der Waals surface area (Å²) in [6, 6.07) is 12.0. The Morgan fingerprint density at radius 3 is 2.39 bits per heavy atom. The zero-order valence-corrected chi connectivity index (χ0v) is 24.7. The Morgan fingerprint density at radius 2 is 1.76 bits per heavy atom. The highest BCUT2D eigenvalue weighted by Gasteiger charge is 2.32. The zero-order valence-electron chi connectivity index (χ0n) is 24.7. The van der Waals surface area contributed by atoms with Gasteiger partial charge in [-0.15, -0.1) is 0 Å². The lowest BCUT2D eigenvalue weighted by Gasteiger charge is -2.26. The number of fused-ring (bicyclic) bond motifs is 1. The first-order valence-corrected chi connectivity index (χ1v) is 14.8. The molecule has 41 heavy (non-hydrogen) atoms. The van der Waals surface area contributed by atoms with E-state index in [9.17, 15) is 14.4 Å². The maximum absolute atomic E-state index is 12.8. The lowest BCUT2D eigenvalue weighted by molar-refractivity contribution is -0.129. The molecule has 2 heterocycles. The molecular weight excluding hydrogens is 516 g/mol. The van der Waals surface area contributed by atoms with E-state index in [1.807, 2.05) is 29.2 Å². The van der Waals surface area contributed by atoms with Crippen molar-refractivity contribution in [2.24, 2.45) is 5.73 Å². The van der Waals surface area contributed by atoms with Crippen LogP contribution in [0.4, 0.5) is 0 Å². The summed E-state index contributed by atoms with van der Waals surface area (Å²) in [5, 5.41) is 1.12. The quantitative estimate of drug-likeness (QED) is 0.407. The first-order chi connectivity index (χ1) is 19.7. The Kier molecular flexibility index (Phi) is 8.38. The molecule has 1 unspecified atom stereocenters. The van der Waals surface area contributed by atoms with Gasteiger partial charge in [0.05, 0.1) is 12.8 Å². The first-order valence-electron chi connectivity index (χ1n) is 14.8. The summed E-state index contributed by atoms with van der Waals surface area (Å²) >= 11 is 0. The summed E-state index contributed by atoms with van der Waals surface area (Å²) in [7, 11) is 5.23. The van der Waals surface area contributed by atoms with Gasteiger partial charge in [0.1, 0.15) is 5.75 Å². The Hall–Kier alpha value is -3.81. The molecule has 1 aliphatic heterocycles. The number of methoxy groups -OCH3 is 1. The van der Waals surface area contributed by atoms with Crippen LogP contribution in [0.25, 0.3) is 22.2 Å². The van der Waals surface area contributed by atoms with Gasteiger partial charge >= 0.3 is 0 Å². The number of aryl methyl sites for hydroxylation is 1. The number of hydrogen-bond acceptors (Lipinski definition) is 4. The molecular formula is C33H42N4O4. The highest BCUT2D eigenvalue weighted by atomic mass is 16.5. The summed E-state index contributed by atoms with van der Waals surface area (Å²) in [5.74, 6) is 0.995. The molecule has 1 saturated heterocycles. The van der Waals surface area contributed by atoms with Gasteiger partial charge in [-0.05, 0) is 66.6 Å². The molecule has 1 atom stereocenters. The van der Waals surface area contributed by atoms with Crippen molar-refractivity contribution in [2.45, 2.75) is 70.3 Å². The lowest BCUT2D eigenvalue weighted by Crippen LogP contribution is -2.25. The van der Waals surface area contributed by atoms with Crippen molar-refractivity contribution >= 4 is 28.6 Å². The monoisotopic (exact) mass is 558 g/mol. The summed E-state index contributed by atoms with van der Waals surface area (Å²) in [6.07, 6.45) is 7.03. The van der Waals surface area contributed by atoms with Gasteiger partial charge in [0.15, 0.2) is 0 Å². The Morgan fingerprint density at radius 1 is 1.00 bits per heavy atom. The van der Waals surface area contributed by atoms with Gasteiger partial charge in [0, 0.05) is 75.0 Å². The molecule has 8 heteroatoms. The third-order valence-electron chi connectivity index (χ3n) is 9.04. The highest BCUT2D eigenvalue weighted by Crippen LogP contribution is 2.47. The van der Waals surface area contributed by atoms with E-state index in [2.05, 4.69) is 16.7 Å². The van der Waals surface area contributed by atoms with Gasteiger partial charge in [-0.1, -0.05) is 25.3 Å². The zero-order chi connectivity index (χ0) is 29.3. The third kappa shape index (κ3) is 5.69. The van der Waals surface area contributed by atoms with Crippen molar-refractivity contribution in [3.8, 4) is 17.0 Å². The number of carbonyl (C=O) groups excluding carboxylic acids is 3. The van der Waals surface area contributed by atoms with Crippen LogP contribution in [0, 0.1) is 0 Å². The van der Waals surface area contributed by atoms with Crippen LogP contribution in [0.3, 0.4) is 0 Å². The molecule has 5 rings (SSSR count). The van der Waals surface area contributed by atoms with Crippen LogP contribution < -0.4 is 10.5 Å². The minimum atomic E-state index is -0.467. The Balaban J connectivity index is 1.78. The number of nitrogens with zero attached hydrogens (tertiary/aromatic N) is 3. The average Bonchev–Trinajstić information content (AvgIpc) is 3.59. The van der Waals surface area contributed by atoms with E-state index in [4.69, 9.17) is 10.5 Å². The average molecular weight is 559 g/mol. The van der Waals surface area contributed by atoms with Gasteiger partial charge < -0.3 is 24.8 Å². The lowest BCUT2D eigenvalue weighted by atomic mass is 9.80. The minimum absolute atomic E-state index is 0.0471. The smallest absolute Gasteiger partial charge is 0.248 e. The molecule has 2 aliphatic rings. The second kappa shape index (κ2) is 12.0. The normalized spacial score (nSPS) is 17.7. The molecule has 218 valence electrons. The molecule has 0 radical (unpaired) electrons. The van der Waals surface area contributed by atoms with Crippen molar-refractivity contribution in [3.05, 3.63) is 53.1 Å². The summed E-state index contributed by atoms with van der Waals surface area (Å²) in [4.78, 5) is 40.9. The minimum Gasteiger partial charge on any atom is -0.497 e. The van der Waals surface area contributed by atoms with Crippen LogP contribution in [0.5, 0.6) is 5.75 Å². The number of aromatic nitrogens is 1. The molecule has 1 aliphatic carbocycles. The molecule has 3 amide bonds. The Bertz CT molecular complexity index is 1470. The maximum Gasteiger partial charge on any atom is 0.248 e. The number of carbonyl (C=O) groups is 3. The summed E-state index contributed by atoms with van der Waals surface area (Å²) in [6.45, 7) is 3.51. The molecule has 1 aromatic heterocycles. The predicted octanol–water partition coefficient (Wildman–Crippen LogP) is 5.28. The number of benzene rings is 2. The van der Waals surface area contributed by atoms with Crippen LogP contribution in [-0.2, 0) is 16.1 Å². The van der Waals surface area contributed by atoms with Crippen molar-refractivity contribution in [2.75, 3.05) is 34.3 Å². The van der Waals surface area contributed by atoms with Crippen LogP contribution in [0.2, 0.25) is 0 Å². The standard InChI is InChI=1S/C33H42N4O4/c1-21(38)36-16-14-24(20-36)28-19-25(41-4)11-13-26(28)32-31(22-8-6-5-7-9-22)27-12-10-23(33(34)40)18-29(27)37(32)17-15-30(39)35(2)3/h10-13,18-19,22,24H,5-9,14-17,20H2,1-4H3,(H2,34,40). The number of likely N-dealkylation sites (tertiary alicyclic amines) is 1. The van der Waals surface area contributed by atoms with Crippen LogP contribution in [-0.4, -0.2) is 66.4 Å². The van der Waals surface area contributed by atoms with Crippen molar-refractivity contribution < 1.29 is 19.1 Å². The maximum atomic E-state index is 12.8. The van der Waals surface area contributed by atoms with E-state index in [1.165, 1.54) is 24.8 Å². The van der Waals surface area contributed by atoms with E-state index in [1.54, 1.807) is 33.0 Å². The number of rotatable bonds is 8. The molecule has 8 nitrogen and oxygen atoms in total. The van der Waals surface area contributed by atoms with Gasteiger partial charge in [0.25, 0.3) is 0 Å². The molecule has 0 bridgehead atoms. The number of ether oxygens (including phenoxy) is 1. The van der Waals surface area contributed by atoms with Crippen molar-refractivity contribution in [3.63, 3.8) is 0 Å². The largest absolute Gasteiger partial charge is 0.497 e. The number of amides is 3. The molecule has 2 fully saturated rings. The van der Waals surface area contributed by atoms with Crippen LogP contribution in [0.15, 0.2) is 36.4 Å². The SMILES string of the molecule is COc1ccc(-c2c(C3CCCCC3)c3ccc(C(N)=O)cc3n2CCC(=O)N(C)C)c(C2CCN(C(C)=O)C2)c1. The molecule has 2 aromatic carbocycles. The van der Waals surface area contributed by atoms with E-state index >= 15 is 0 Å². The van der Waals surface area contributed by atoms with Crippen LogP contribution >= 0.6 is 0 Å². The summed E-state index contributed by atoms with van der Waals surface area (Å²) in [5.41, 5.74) is 11.8. The Labute approximate surface area is 242 Å². The highest BCUT2D eigenvalue weighted by molar-refractivity contribution is 6.00. The molecule has 1 saturated carbocycles. The second-order valence-electron chi connectivity index (χ2n) is 11.8. The number of hydrogen-bond donors (Lipinski definition) is 1. The van der Waals surface area contributed by atoms with Gasteiger partial charge in [-0.25, -0.2) is 0 Å².